The molecular weight excluding hydrogens is 414 g/mol. The third-order valence-corrected chi connectivity index (χ3v) is 5.87. The van der Waals surface area contributed by atoms with E-state index in [9.17, 15) is 0 Å². The second kappa shape index (κ2) is 12.5. The second-order valence-electron chi connectivity index (χ2n) is 6.72. The van der Waals surface area contributed by atoms with Crippen molar-refractivity contribution < 1.29 is 14.3 Å². The molecule has 1 aliphatic rings. The van der Waals surface area contributed by atoms with E-state index in [4.69, 9.17) is 20.0 Å². The number of ether oxygens (including phenoxy) is 2. The van der Waals surface area contributed by atoms with Gasteiger partial charge in [-0.15, -0.1) is 11.8 Å². The molecule has 2 aromatic carbocycles. The van der Waals surface area contributed by atoms with Crippen LogP contribution in [0.1, 0.15) is 25.7 Å². The Morgan fingerprint density at radius 2 is 1.58 bits per heavy atom. The average molecular weight is 444 g/mol. The number of carbonyl (C=O) groups excluding carboxylic acids is 1. The number of methoxy groups -OCH3 is 2. The number of hydrogen-bond donors (Lipinski definition) is 3. The Morgan fingerprint density at radius 3 is 2.16 bits per heavy atom. The summed E-state index contributed by atoms with van der Waals surface area (Å²) in [4.78, 5) is 18.4. The van der Waals surface area contributed by atoms with Crippen molar-refractivity contribution in [2.75, 3.05) is 20.0 Å². The molecule has 0 saturated heterocycles. The number of primary amides is 2. The van der Waals surface area contributed by atoms with Crippen molar-refractivity contribution in [2.24, 2.45) is 11.5 Å². The summed E-state index contributed by atoms with van der Waals surface area (Å²) in [5, 5.41) is 1.66. The fourth-order valence-corrected chi connectivity index (χ4v) is 4.37. The van der Waals surface area contributed by atoms with E-state index in [0.717, 1.165) is 16.2 Å². The molecule has 0 spiro atoms. The largest absolute Gasteiger partial charge is 0.493 e. The Balaban J connectivity index is 0.000000192. The molecule has 1 fully saturated rings. The summed E-state index contributed by atoms with van der Waals surface area (Å²) in [5.74, 6) is 1.68. The SMILES string of the molecule is COc1cc2ncnc(N)c2cc1OC.NC(N)=O.c1ccc(SC2CCCC2)cc1. The highest BCUT2D eigenvalue weighted by Crippen LogP contribution is 2.34. The molecular formula is C22H29N5O3S. The number of rotatable bonds is 4. The van der Waals surface area contributed by atoms with E-state index in [-0.39, 0.29) is 0 Å². The van der Waals surface area contributed by atoms with Crippen LogP contribution in [-0.4, -0.2) is 35.5 Å². The summed E-state index contributed by atoms with van der Waals surface area (Å²) in [6.07, 6.45) is 7.12. The molecule has 4 rings (SSSR count). The maximum absolute atomic E-state index is 9.00. The Bertz CT molecular complexity index is 962. The Hall–Kier alpha value is -3.20. The Morgan fingerprint density at radius 1 is 1.00 bits per heavy atom. The molecule has 0 radical (unpaired) electrons. The van der Waals surface area contributed by atoms with Crippen molar-refractivity contribution in [2.45, 2.75) is 35.8 Å². The molecule has 2 amide bonds. The smallest absolute Gasteiger partial charge is 0.309 e. The van der Waals surface area contributed by atoms with Crippen molar-refractivity contribution in [1.82, 2.24) is 9.97 Å². The topological polar surface area (TPSA) is 139 Å². The average Bonchev–Trinajstić information content (AvgIpc) is 3.27. The summed E-state index contributed by atoms with van der Waals surface area (Å²) < 4.78 is 10.3. The first-order valence-corrected chi connectivity index (χ1v) is 10.7. The summed E-state index contributed by atoms with van der Waals surface area (Å²) in [6.45, 7) is 0. The van der Waals surface area contributed by atoms with Gasteiger partial charge in [-0.25, -0.2) is 14.8 Å². The van der Waals surface area contributed by atoms with Crippen LogP contribution < -0.4 is 26.7 Å². The molecule has 1 aromatic heterocycles. The van der Waals surface area contributed by atoms with Gasteiger partial charge in [0.15, 0.2) is 11.5 Å². The number of thioether (sulfide) groups is 1. The van der Waals surface area contributed by atoms with Crippen LogP contribution in [0.2, 0.25) is 0 Å². The van der Waals surface area contributed by atoms with Crippen molar-refractivity contribution >= 4 is 34.5 Å². The van der Waals surface area contributed by atoms with Crippen LogP contribution in [0, 0.1) is 0 Å². The zero-order valence-corrected chi connectivity index (χ0v) is 18.6. The van der Waals surface area contributed by atoms with E-state index in [1.807, 2.05) is 0 Å². The van der Waals surface area contributed by atoms with Gasteiger partial charge in [-0.3, -0.25) is 0 Å². The van der Waals surface area contributed by atoms with Crippen LogP contribution in [0.4, 0.5) is 10.6 Å². The second-order valence-corrected chi connectivity index (χ2v) is 8.10. The number of fused-ring (bicyclic) bond motifs is 1. The van der Waals surface area contributed by atoms with Crippen LogP contribution in [0.15, 0.2) is 53.7 Å². The van der Waals surface area contributed by atoms with E-state index in [1.54, 1.807) is 26.4 Å². The summed E-state index contributed by atoms with van der Waals surface area (Å²) in [6, 6.07) is 13.5. The molecule has 0 atom stereocenters. The molecule has 166 valence electrons. The van der Waals surface area contributed by atoms with Gasteiger partial charge in [-0.1, -0.05) is 31.0 Å². The molecule has 0 aliphatic heterocycles. The standard InChI is InChI=1S/C11H14S.C10H11N3O2.CH4N2O/c1-2-6-10(7-3-1)12-11-8-4-5-9-11;1-14-8-3-6-7(4-9(8)15-2)12-5-13-10(6)11;2-1(3)4/h1-3,6-7,11H,4-5,8-9H2;3-5H,1-2H3,(H2,11,12,13);(H4,2,3,4). The fraction of sp³-hybridized carbons (Fsp3) is 0.318. The van der Waals surface area contributed by atoms with Gasteiger partial charge >= 0.3 is 6.03 Å². The van der Waals surface area contributed by atoms with Crippen LogP contribution in [0.3, 0.4) is 0 Å². The van der Waals surface area contributed by atoms with Crippen LogP contribution in [0.5, 0.6) is 11.5 Å². The number of aromatic nitrogens is 2. The van der Waals surface area contributed by atoms with Gasteiger partial charge in [-0.2, -0.15) is 0 Å². The lowest BCUT2D eigenvalue weighted by Gasteiger charge is -2.08. The lowest BCUT2D eigenvalue weighted by Crippen LogP contribution is -2.18. The van der Waals surface area contributed by atoms with E-state index >= 15 is 0 Å². The molecule has 6 N–H and O–H groups in total. The zero-order chi connectivity index (χ0) is 22.6. The highest BCUT2D eigenvalue weighted by molar-refractivity contribution is 8.00. The first-order valence-electron chi connectivity index (χ1n) is 9.83. The van der Waals surface area contributed by atoms with E-state index in [1.165, 1.54) is 36.9 Å². The fourth-order valence-electron chi connectivity index (χ4n) is 3.10. The predicted octanol–water partition coefficient (Wildman–Crippen LogP) is 3.97. The molecule has 31 heavy (non-hydrogen) atoms. The number of benzene rings is 2. The number of hydrogen-bond acceptors (Lipinski definition) is 7. The van der Waals surface area contributed by atoms with Crippen molar-refractivity contribution in [3.8, 4) is 11.5 Å². The number of amides is 2. The van der Waals surface area contributed by atoms with Gasteiger partial charge in [0.05, 0.1) is 19.7 Å². The Kier molecular flexibility index (Phi) is 9.70. The number of nitrogens with two attached hydrogens (primary N) is 3. The highest BCUT2D eigenvalue weighted by Gasteiger charge is 2.15. The highest BCUT2D eigenvalue weighted by atomic mass is 32.2. The molecule has 1 heterocycles. The van der Waals surface area contributed by atoms with Crippen LogP contribution in [-0.2, 0) is 0 Å². The molecule has 8 nitrogen and oxygen atoms in total. The molecule has 3 aromatic rings. The van der Waals surface area contributed by atoms with E-state index < -0.39 is 6.03 Å². The van der Waals surface area contributed by atoms with Crippen LogP contribution >= 0.6 is 11.8 Å². The monoisotopic (exact) mass is 443 g/mol. The minimum absolute atomic E-state index is 0.431. The number of carbonyl (C=O) groups is 1. The minimum atomic E-state index is -0.833. The van der Waals surface area contributed by atoms with Gasteiger partial charge in [-0.05, 0) is 31.0 Å². The van der Waals surface area contributed by atoms with Gasteiger partial charge in [0.1, 0.15) is 12.1 Å². The quantitative estimate of drug-likeness (QED) is 0.554. The maximum Gasteiger partial charge on any atom is 0.309 e. The van der Waals surface area contributed by atoms with Gasteiger partial charge < -0.3 is 26.7 Å². The lowest BCUT2D eigenvalue weighted by molar-refractivity contribution is 0.256. The number of nitrogens with zero attached hydrogens (tertiary/aromatic N) is 2. The minimum Gasteiger partial charge on any atom is -0.493 e. The van der Waals surface area contributed by atoms with E-state index in [2.05, 4.69) is 63.5 Å². The van der Waals surface area contributed by atoms with Crippen molar-refractivity contribution in [3.05, 3.63) is 48.8 Å². The third-order valence-electron chi connectivity index (χ3n) is 4.52. The first-order chi connectivity index (χ1) is 14.9. The number of anilines is 1. The van der Waals surface area contributed by atoms with Crippen molar-refractivity contribution in [3.63, 3.8) is 0 Å². The maximum atomic E-state index is 9.00. The molecule has 0 bridgehead atoms. The van der Waals surface area contributed by atoms with Crippen molar-refractivity contribution in [1.29, 1.82) is 0 Å². The van der Waals surface area contributed by atoms with E-state index in [0.29, 0.717) is 17.3 Å². The molecule has 9 heteroatoms. The van der Waals surface area contributed by atoms with Gasteiger partial charge in [0, 0.05) is 21.6 Å². The molecule has 1 aliphatic carbocycles. The molecule has 1 saturated carbocycles. The first kappa shape index (κ1) is 24.1. The van der Waals surface area contributed by atoms with Crippen LogP contribution in [0.25, 0.3) is 10.9 Å². The number of nitrogen functional groups attached to an aromatic ring is 1. The molecule has 0 unspecified atom stereocenters. The van der Waals surface area contributed by atoms with Gasteiger partial charge in [0.2, 0.25) is 0 Å². The summed E-state index contributed by atoms with van der Waals surface area (Å²) in [5.41, 5.74) is 15.0. The lowest BCUT2D eigenvalue weighted by atomic mass is 10.2. The van der Waals surface area contributed by atoms with Gasteiger partial charge in [0.25, 0.3) is 0 Å². The predicted molar refractivity (Wildman–Crippen MR) is 125 cm³/mol. The summed E-state index contributed by atoms with van der Waals surface area (Å²) in [7, 11) is 3.15. The zero-order valence-electron chi connectivity index (χ0n) is 17.8. The Labute approximate surface area is 186 Å². The third kappa shape index (κ3) is 7.86. The summed E-state index contributed by atoms with van der Waals surface area (Å²) >= 11 is 2.05. The normalized spacial score (nSPS) is 12.8. The number of urea groups is 1.